The molecule has 0 bridgehead atoms. The fraction of sp³-hybridized carbons (Fsp3) is 0.393. The standard InChI is InChI=1S/C26H23F3N8O.C2H6/c27-21-16(2-1-3-19(21)22(28)29)13-31-23-20-12-17(4-5-18(20)24-32-15-33-37(24)34-23)35-8-10-36(11-9-35)25(38)26(14-30)6-7-26;1-2/h1-5,12,15,22H,6-11,13H2,(H,31,34);1-2H3. The maximum Gasteiger partial charge on any atom is 0.266 e. The summed E-state index contributed by atoms with van der Waals surface area (Å²) in [5.41, 5.74) is 0.0838. The lowest BCUT2D eigenvalue weighted by Crippen LogP contribution is -2.50. The average molecular weight is 551 g/mol. The molecule has 0 radical (unpaired) electrons. The first-order chi connectivity index (χ1) is 19.4. The second-order valence-corrected chi connectivity index (χ2v) is 9.60. The van der Waals surface area contributed by atoms with Crippen molar-refractivity contribution in [3.8, 4) is 6.07 Å². The van der Waals surface area contributed by atoms with Gasteiger partial charge < -0.3 is 15.1 Å². The highest BCUT2D eigenvalue weighted by Gasteiger charge is 2.52. The minimum absolute atomic E-state index is 0.0552. The first-order valence-electron chi connectivity index (χ1n) is 13.3. The highest BCUT2D eigenvalue weighted by atomic mass is 19.3. The molecule has 2 fully saturated rings. The van der Waals surface area contributed by atoms with E-state index in [1.54, 1.807) is 4.90 Å². The molecule has 1 N–H and O–H groups in total. The largest absolute Gasteiger partial charge is 0.368 e. The Morgan fingerprint density at radius 3 is 2.55 bits per heavy atom. The summed E-state index contributed by atoms with van der Waals surface area (Å²) in [7, 11) is 0. The summed E-state index contributed by atoms with van der Waals surface area (Å²) >= 11 is 0. The molecule has 2 aliphatic rings. The lowest BCUT2D eigenvalue weighted by molar-refractivity contribution is -0.135. The molecular weight excluding hydrogens is 521 g/mol. The number of amides is 1. The van der Waals surface area contributed by atoms with Crippen LogP contribution in [0.25, 0.3) is 16.4 Å². The third-order valence-electron chi connectivity index (χ3n) is 7.32. The molecule has 1 aliphatic carbocycles. The van der Waals surface area contributed by atoms with Crippen molar-refractivity contribution in [3.05, 3.63) is 59.7 Å². The zero-order valence-corrected chi connectivity index (χ0v) is 22.2. The van der Waals surface area contributed by atoms with Crippen LogP contribution < -0.4 is 10.2 Å². The molecule has 2 aromatic carbocycles. The molecule has 3 heterocycles. The van der Waals surface area contributed by atoms with Crippen LogP contribution in [0.2, 0.25) is 0 Å². The molecule has 1 saturated heterocycles. The first kappa shape index (κ1) is 27.2. The van der Waals surface area contributed by atoms with E-state index >= 15 is 0 Å². The number of nitrogens with one attached hydrogen (secondary N) is 1. The van der Waals surface area contributed by atoms with Crippen molar-refractivity contribution in [2.24, 2.45) is 5.41 Å². The number of nitrogens with zero attached hydrogens (tertiary/aromatic N) is 7. The van der Waals surface area contributed by atoms with Gasteiger partial charge in [0.05, 0.1) is 11.6 Å². The Kier molecular flexibility index (Phi) is 7.47. The Morgan fingerprint density at radius 1 is 1.12 bits per heavy atom. The third-order valence-corrected chi connectivity index (χ3v) is 7.32. The molecule has 0 atom stereocenters. The van der Waals surface area contributed by atoms with Crippen LogP contribution in [0.15, 0.2) is 42.7 Å². The molecule has 0 unspecified atom stereocenters. The van der Waals surface area contributed by atoms with Gasteiger partial charge in [0.25, 0.3) is 6.43 Å². The van der Waals surface area contributed by atoms with Crippen LogP contribution in [-0.2, 0) is 11.3 Å². The van der Waals surface area contributed by atoms with E-state index in [-0.39, 0.29) is 18.0 Å². The Morgan fingerprint density at radius 2 is 1.88 bits per heavy atom. The summed E-state index contributed by atoms with van der Waals surface area (Å²) in [6.45, 7) is 6.20. The summed E-state index contributed by atoms with van der Waals surface area (Å²) in [6, 6.07) is 11.9. The topological polar surface area (TPSA) is 102 Å². The van der Waals surface area contributed by atoms with Crippen LogP contribution in [-0.4, -0.2) is 56.8 Å². The van der Waals surface area contributed by atoms with E-state index in [2.05, 4.69) is 31.5 Å². The minimum Gasteiger partial charge on any atom is -0.368 e. The molecule has 1 aliphatic heterocycles. The highest BCUT2D eigenvalue weighted by molar-refractivity contribution is 6.01. The fourth-order valence-corrected chi connectivity index (χ4v) is 4.94. The van der Waals surface area contributed by atoms with E-state index < -0.39 is 23.2 Å². The van der Waals surface area contributed by atoms with Crippen LogP contribution in [0.4, 0.5) is 24.7 Å². The second-order valence-electron chi connectivity index (χ2n) is 9.60. The van der Waals surface area contributed by atoms with Gasteiger partial charge in [-0.05, 0) is 31.0 Å². The number of aromatic nitrogens is 4. The van der Waals surface area contributed by atoms with Crippen molar-refractivity contribution in [1.29, 1.82) is 5.26 Å². The van der Waals surface area contributed by atoms with Crippen LogP contribution in [0.3, 0.4) is 0 Å². The highest BCUT2D eigenvalue weighted by Crippen LogP contribution is 2.46. The third kappa shape index (κ3) is 4.87. The lowest BCUT2D eigenvalue weighted by atomic mass is 10.1. The van der Waals surface area contributed by atoms with Gasteiger partial charge >= 0.3 is 0 Å². The molecule has 6 rings (SSSR count). The summed E-state index contributed by atoms with van der Waals surface area (Å²) in [5.74, 6) is -0.620. The molecule has 12 heteroatoms. The summed E-state index contributed by atoms with van der Waals surface area (Å²) < 4.78 is 42.3. The second kappa shape index (κ2) is 11.0. The van der Waals surface area contributed by atoms with Crippen LogP contribution in [0.5, 0.6) is 0 Å². The number of hydrogen-bond acceptors (Lipinski definition) is 7. The normalized spacial score (nSPS) is 16.0. The first-order valence-corrected chi connectivity index (χ1v) is 13.3. The van der Waals surface area contributed by atoms with Gasteiger partial charge in [0.1, 0.15) is 17.6 Å². The zero-order chi connectivity index (χ0) is 28.4. The molecule has 40 heavy (non-hydrogen) atoms. The van der Waals surface area contributed by atoms with E-state index in [1.807, 2.05) is 32.0 Å². The molecular formula is C28H29F3N8O. The van der Waals surface area contributed by atoms with Gasteiger partial charge in [-0.15, -0.1) is 14.8 Å². The Balaban J connectivity index is 0.00000158. The van der Waals surface area contributed by atoms with Gasteiger partial charge in [0.15, 0.2) is 11.5 Å². The van der Waals surface area contributed by atoms with E-state index in [1.165, 1.54) is 23.1 Å². The SMILES string of the molecule is CC.N#CC1(C(=O)N2CCN(c3ccc4c(c3)c(NCc3cccc(C(F)F)c3F)nn3ncnc43)CC2)CC1. The van der Waals surface area contributed by atoms with Crippen molar-refractivity contribution in [3.63, 3.8) is 0 Å². The zero-order valence-electron chi connectivity index (χ0n) is 22.2. The van der Waals surface area contributed by atoms with Crippen molar-refractivity contribution >= 4 is 33.8 Å². The Labute approximate surface area is 229 Å². The summed E-state index contributed by atoms with van der Waals surface area (Å²) in [6.07, 6.45) is -0.268. The summed E-state index contributed by atoms with van der Waals surface area (Å²) in [4.78, 5) is 20.9. The number of anilines is 2. The number of hydrogen-bond donors (Lipinski definition) is 1. The molecule has 2 aromatic heterocycles. The number of benzene rings is 2. The van der Waals surface area contributed by atoms with Crippen molar-refractivity contribution < 1.29 is 18.0 Å². The number of fused-ring (bicyclic) bond motifs is 3. The number of alkyl halides is 2. The van der Waals surface area contributed by atoms with Gasteiger partial charge in [-0.1, -0.05) is 32.0 Å². The van der Waals surface area contributed by atoms with E-state index in [0.29, 0.717) is 55.9 Å². The van der Waals surface area contributed by atoms with E-state index in [0.717, 1.165) is 17.1 Å². The number of nitriles is 1. The van der Waals surface area contributed by atoms with Gasteiger partial charge in [0, 0.05) is 54.7 Å². The number of carbonyl (C=O) groups excluding carboxylic acids is 1. The lowest BCUT2D eigenvalue weighted by Gasteiger charge is -2.37. The van der Waals surface area contributed by atoms with Crippen molar-refractivity contribution in [2.75, 3.05) is 36.4 Å². The molecule has 9 nitrogen and oxygen atoms in total. The monoisotopic (exact) mass is 550 g/mol. The molecule has 4 aromatic rings. The quantitative estimate of drug-likeness (QED) is 0.363. The number of piperazine rings is 1. The van der Waals surface area contributed by atoms with Crippen LogP contribution in [0, 0.1) is 22.6 Å². The van der Waals surface area contributed by atoms with E-state index in [4.69, 9.17) is 0 Å². The maximum atomic E-state index is 14.6. The van der Waals surface area contributed by atoms with Gasteiger partial charge in [-0.3, -0.25) is 4.79 Å². The molecule has 1 amide bonds. The predicted octanol–water partition coefficient (Wildman–Crippen LogP) is 4.94. The number of rotatable bonds is 6. The van der Waals surface area contributed by atoms with Crippen molar-refractivity contribution in [2.45, 2.75) is 39.7 Å². The van der Waals surface area contributed by atoms with E-state index in [9.17, 15) is 23.2 Å². The van der Waals surface area contributed by atoms with Crippen molar-refractivity contribution in [1.82, 2.24) is 24.7 Å². The Hall–Kier alpha value is -4.40. The predicted molar refractivity (Wildman–Crippen MR) is 144 cm³/mol. The number of carbonyl (C=O) groups is 1. The fourth-order valence-electron chi connectivity index (χ4n) is 4.94. The average Bonchev–Trinajstić information content (AvgIpc) is 3.65. The molecule has 0 spiro atoms. The van der Waals surface area contributed by atoms with Gasteiger partial charge in [-0.25, -0.2) is 18.2 Å². The molecule has 1 saturated carbocycles. The minimum atomic E-state index is -2.91. The van der Waals surface area contributed by atoms with Crippen LogP contribution >= 0.6 is 0 Å². The maximum absolute atomic E-state index is 14.6. The van der Waals surface area contributed by atoms with Gasteiger partial charge in [0.2, 0.25) is 5.91 Å². The number of halogens is 3. The Bertz CT molecular complexity index is 1590. The smallest absolute Gasteiger partial charge is 0.266 e. The summed E-state index contributed by atoms with van der Waals surface area (Å²) in [5, 5.41) is 22.5. The van der Waals surface area contributed by atoms with Crippen LogP contribution in [0.1, 0.15) is 44.2 Å². The van der Waals surface area contributed by atoms with Gasteiger partial charge in [-0.2, -0.15) is 5.26 Å². The molecule has 208 valence electrons.